The summed E-state index contributed by atoms with van der Waals surface area (Å²) in [6.45, 7) is 1.69. The van der Waals surface area contributed by atoms with Crippen LogP contribution in [0.1, 0.15) is 23.2 Å². The van der Waals surface area contributed by atoms with Gasteiger partial charge in [0.2, 0.25) is 0 Å². The Hall–Kier alpha value is -1.36. The first-order valence-electron chi connectivity index (χ1n) is 7.10. The van der Waals surface area contributed by atoms with E-state index in [1.54, 1.807) is 6.20 Å². The predicted molar refractivity (Wildman–Crippen MR) is 94.2 cm³/mol. The van der Waals surface area contributed by atoms with E-state index in [1.165, 1.54) is 0 Å². The average molecular weight is 342 g/mol. The van der Waals surface area contributed by atoms with Crippen molar-refractivity contribution >= 4 is 41.6 Å². The van der Waals surface area contributed by atoms with Crippen molar-refractivity contribution in [2.45, 2.75) is 18.9 Å². The van der Waals surface area contributed by atoms with Crippen molar-refractivity contribution in [3.63, 3.8) is 0 Å². The summed E-state index contributed by atoms with van der Waals surface area (Å²) in [5, 5.41) is 4.19. The largest absolute Gasteiger partial charge is 0.334 e. The van der Waals surface area contributed by atoms with Crippen LogP contribution < -0.4 is 5.32 Å². The second-order valence-electron chi connectivity index (χ2n) is 5.23. The molecule has 22 heavy (non-hydrogen) atoms. The number of aromatic nitrogens is 1. The number of likely N-dealkylation sites (tertiary alicyclic amines) is 1. The maximum absolute atomic E-state index is 12.8. The summed E-state index contributed by atoms with van der Waals surface area (Å²) in [7, 11) is 1.93. The molecule has 1 aliphatic rings. The minimum atomic E-state index is 0. The van der Waals surface area contributed by atoms with Gasteiger partial charge in [-0.1, -0.05) is 18.2 Å². The Bertz CT molecular complexity index is 630. The minimum Gasteiger partial charge on any atom is -0.334 e. The second-order valence-corrected chi connectivity index (χ2v) is 5.23. The zero-order chi connectivity index (χ0) is 13.9. The van der Waals surface area contributed by atoms with Crippen LogP contribution in [0.4, 0.5) is 0 Å². The zero-order valence-electron chi connectivity index (χ0n) is 12.5. The Morgan fingerprint density at radius 2 is 2.09 bits per heavy atom. The molecule has 1 N–H and O–H groups in total. The summed E-state index contributed by atoms with van der Waals surface area (Å²) < 4.78 is 0. The number of pyridine rings is 1. The van der Waals surface area contributed by atoms with Crippen LogP contribution in [0.5, 0.6) is 0 Å². The van der Waals surface area contributed by atoms with Crippen LogP contribution >= 0.6 is 24.8 Å². The van der Waals surface area contributed by atoms with Crippen LogP contribution in [0.2, 0.25) is 0 Å². The first kappa shape index (κ1) is 18.7. The molecule has 1 aromatic heterocycles. The number of benzene rings is 1. The maximum Gasteiger partial charge on any atom is 0.256 e. The van der Waals surface area contributed by atoms with Gasteiger partial charge in [0.25, 0.3) is 5.91 Å². The van der Waals surface area contributed by atoms with Crippen molar-refractivity contribution in [1.82, 2.24) is 15.2 Å². The molecule has 1 amide bonds. The number of amides is 1. The van der Waals surface area contributed by atoms with E-state index < -0.39 is 0 Å². The number of carbonyl (C=O) groups is 1. The first-order valence-corrected chi connectivity index (χ1v) is 7.10. The number of nitrogens with zero attached hydrogens (tertiary/aromatic N) is 2. The number of hydrogen-bond acceptors (Lipinski definition) is 3. The fourth-order valence-corrected chi connectivity index (χ4v) is 2.98. The zero-order valence-corrected chi connectivity index (χ0v) is 14.1. The quantitative estimate of drug-likeness (QED) is 0.933. The molecule has 1 unspecified atom stereocenters. The molecule has 4 nitrogen and oxygen atoms in total. The summed E-state index contributed by atoms with van der Waals surface area (Å²) in [4.78, 5) is 19.2. The van der Waals surface area contributed by atoms with E-state index in [9.17, 15) is 4.79 Å². The van der Waals surface area contributed by atoms with Gasteiger partial charge in [0.15, 0.2) is 0 Å². The van der Waals surface area contributed by atoms with Gasteiger partial charge in [-0.15, -0.1) is 24.8 Å². The van der Waals surface area contributed by atoms with Gasteiger partial charge in [-0.3, -0.25) is 9.78 Å². The van der Waals surface area contributed by atoms with Gasteiger partial charge in [-0.25, -0.2) is 0 Å². The lowest BCUT2D eigenvalue weighted by molar-refractivity contribution is 0.0739. The normalized spacial score (nSPS) is 17.0. The molecule has 2 aromatic rings. The van der Waals surface area contributed by atoms with E-state index in [0.717, 1.165) is 36.8 Å². The van der Waals surface area contributed by atoms with E-state index in [2.05, 4.69) is 10.3 Å². The van der Waals surface area contributed by atoms with Crippen LogP contribution in [0.3, 0.4) is 0 Å². The predicted octanol–water partition coefficient (Wildman–Crippen LogP) is 2.90. The SMILES string of the molecule is CNCC1CCCN1C(=O)c1cccc2cccnc12.Cl.Cl. The average Bonchev–Trinajstić information content (AvgIpc) is 2.94. The van der Waals surface area contributed by atoms with Gasteiger partial charge < -0.3 is 10.2 Å². The Morgan fingerprint density at radius 3 is 2.86 bits per heavy atom. The number of nitrogens with one attached hydrogen (secondary N) is 1. The molecular formula is C16H21Cl2N3O. The molecule has 3 rings (SSSR count). The Morgan fingerprint density at radius 1 is 1.32 bits per heavy atom. The van der Waals surface area contributed by atoms with E-state index >= 15 is 0 Å². The van der Waals surface area contributed by atoms with E-state index in [4.69, 9.17) is 0 Å². The molecule has 0 aliphatic carbocycles. The highest BCUT2D eigenvalue weighted by Crippen LogP contribution is 2.23. The minimum absolute atomic E-state index is 0. The van der Waals surface area contributed by atoms with Crippen molar-refractivity contribution in [3.05, 3.63) is 42.1 Å². The van der Waals surface area contributed by atoms with Gasteiger partial charge in [-0.05, 0) is 32.0 Å². The van der Waals surface area contributed by atoms with Crippen LogP contribution in [0.25, 0.3) is 10.9 Å². The summed E-state index contributed by atoms with van der Waals surface area (Å²) in [5.74, 6) is 0.104. The molecule has 1 aromatic carbocycles. The number of hydrogen-bond donors (Lipinski definition) is 1. The summed E-state index contributed by atoms with van der Waals surface area (Å²) in [6, 6.07) is 10.00. The fourth-order valence-electron chi connectivity index (χ4n) is 2.98. The Kier molecular flexibility index (Phi) is 7.07. The molecule has 6 heteroatoms. The highest BCUT2D eigenvalue weighted by molar-refractivity contribution is 6.05. The van der Waals surface area contributed by atoms with Crippen molar-refractivity contribution < 1.29 is 4.79 Å². The molecule has 120 valence electrons. The van der Waals surface area contributed by atoms with Gasteiger partial charge in [0.1, 0.15) is 0 Å². The summed E-state index contributed by atoms with van der Waals surface area (Å²) in [5.41, 5.74) is 1.52. The third-order valence-electron chi connectivity index (χ3n) is 3.94. The smallest absolute Gasteiger partial charge is 0.256 e. The molecule has 1 fully saturated rings. The van der Waals surface area contributed by atoms with Crippen LogP contribution in [-0.2, 0) is 0 Å². The van der Waals surface area contributed by atoms with Crippen LogP contribution in [0, 0.1) is 0 Å². The van der Waals surface area contributed by atoms with Gasteiger partial charge in [0.05, 0.1) is 11.1 Å². The standard InChI is InChI=1S/C16H19N3O.2ClH/c1-17-11-13-7-4-10-19(13)16(20)14-8-2-5-12-6-3-9-18-15(12)14;;/h2-3,5-6,8-9,13,17H,4,7,10-11H2,1H3;2*1H. The number of rotatable bonds is 3. The monoisotopic (exact) mass is 341 g/mol. The molecule has 1 atom stereocenters. The molecule has 1 aliphatic heterocycles. The molecule has 0 saturated carbocycles. The first-order chi connectivity index (χ1) is 9.81. The van der Waals surface area contributed by atoms with E-state index in [1.807, 2.05) is 42.3 Å². The molecule has 0 radical (unpaired) electrons. The number of para-hydroxylation sites is 1. The number of fused-ring (bicyclic) bond motifs is 1. The summed E-state index contributed by atoms with van der Waals surface area (Å²) >= 11 is 0. The molecule has 1 saturated heterocycles. The van der Waals surface area contributed by atoms with Gasteiger partial charge >= 0.3 is 0 Å². The topological polar surface area (TPSA) is 45.2 Å². The van der Waals surface area contributed by atoms with Crippen molar-refractivity contribution in [2.75, 3.05) is 20.1 Å². The van der Waals surface area contributed by atoms with E-state index in [-0.39, 0.29) is 30.7 Å². The van der Waals surface area contributed by atoms with Gasteiger partial charge in [-0.2, -0.15) is 0 Å². The molecule has 2 heterocycles. The fraction of sp³-hybridized carbons (Fsp3) is 0.375. The molecular weight excluding hydrogens is 321 g/mol. The highest BCUT2D eigenvalue weighted by Gasteiger charge is 2.29. The van der Waals surface area contributed by atoms with Gasteiger partial charge in [0, 0.05) is 30.7 Å². The lowest BCUT2D eigenvalue weighted by Crippen LogP contribution is -2.40. The molecule has 0 bridgehead atoms. The van der Waals surface area contributed by atoms with Crippen molar-refractivity contribution in [2.24, 2.45) is 0 Å². The van der Waals surface area contributed by atoms with E-state index in [0.29, 0.717) is 11.6 Å². The van der Waals surface area contributed by atoms with Crippen molar-refractivity contribution in [3.8, 4) is 0 Å². The number of carbonyl (C=O) groups excluding carboxylic acids is 1. The third kappa shape index (κ3) is 3.51. The number of halogens is 2. The molecule has 0 spiro atoms. The lowest BCUT2D eigenvalue weighted by Gasteiger charge is -2.25. The number of likely N-dealkylation sites (N-methyl/N-ethyl adjacent to an activating group) is 1. The highest BCUT2D eigenvalue weighted by atomic mass is 35.5. The Balaban J connectivity index is 0.00000121. The summed E-state index contributed by atoms with van der Waals surface area (Å²) in [6.07, 6.45) is 3.90. The second kappa shape index (κ2) is 8.32. The Labute approximate surface area is 143 Å². The van der Waals surface area contributed by atoms with Crippen LogP contribution in [0.15, 0.2) is 36.5 Å². The maximum atomic E-state index is 12.8. The van der Waals surface area contributed by atoms with Crippen molar-refractivity contribution in [1.29, 1.82) is 0 Å². The lowest BCUT2D eigenvalue weighted by atomic mass is 10.1. The van der Waals surface area contributed by atoms with Crippen LogP contribution in [-0.4, -0.2) is 42.0 Å². The third-order valence-corrected chi connectivity index (χ3v) is 3.94.